The van der Waals surface area contributed by atoms with Gasteiger partial charge in [-0.3, -0.25) is 4.79 Å². The molecular formula is C16H24N2O2. The van der Waals surface area contributed by atoms with Crippen molar-refractivity contribution >= 4 is 11.6 Å². The maximum absolute atomic E-state index is 12.0. The first-order valence-corrected chi connectivity index (χ1v) is 7.37. The van der Waals surface area contributed by atoms with E-state index >= 15 is 0 Å². The number of para-hydroxylation sites is 1. The Bertz CT molecular complexity index is 462. The molecule has 4 heteroatoms. The summed E-state index contributed by atoms with van der Waals surface area (Å²) in [5.74, 6) is -0.0294. The van der Waals surface area contributed by atoms with Crippen molar-refractivity contribution in [2.75, 3.05) is 11.9 Å². The molecule has 2 rings (SSSR count). The summed E-state index contributed by atoms with van der Waals surface area (Å²) in [6.45, 7) is 6.62. The lowest BCUT2D eigenvalue weighted by Gasteiger charge is -2.28. The number of hydrogen-bond acceptors (Lipinski definition) is 3. The lowest BCUT2D eigenvalue weighted by Crippen LogP contribution is -2.43. The average molecular weight is 276 g/mol. The highest BCUT2D eigenvalue weighted by molar-refractivity contribution is 5.80. The molecule has 4 nitrogen and oxygen atoms in total. The van der Waals surface area contributed by atoms with Gasteiger partial charge in [0.05, 0.1) is 6.10 Å². The van der Waals surface area contributed by atoms with Crippen LogP contribution in [0.3, 0.4) is 0 Å². The fraction of sp³-hybridized carbons (Fsp3) is 0.562. The van der Waals surface area contributed by atoms with Crippen LogP contribution in [-0.4, -0.2) is 30.7 Å². The molecule has 1 aromatic rings. The minimum Gasteiger partial charge on any atom is -0.382 e. The number of benzene rings is 1. The first-order chi connectivity index (χ1) is 9.60. The SMILES string of the molecule is CCC(C)NC(=O)C(C)OC1CNc2ccccc2C1. The molecule has 0 saturated carbocycles. The van der Waals surface area contributed by atoms with Gasteiger partial charge in [-0.25, -0.2) is 0 Å². The smallest absolute Gasteiger partial charge is 0.249 e. The van der Waals surface area contributed by atoms with Crippen molar-refractivity contribution in [2.45, 2.75) is 51.9 Å². The zero-order valence-electron chi connectivity index (χ0n) is 12.5. The summed E-state index contributed by atoms with van der Waals surface area (Å²) in [5, 5.41) is 6.31. The Labute approximate surface area is 120 Å². The van der Waals surface area contributed by atoms with E-state index in [1.165, 1.54) is 11.3 Å². The molecule has 110 valence electrons. The second-order valence-corrected chi connectivity index (χ2v) is 5.46. The molecule has 1 aromatic carbocycles. The predicted molar refractivity (Wildman–Crippen MR) is 80.9 cm³/mol. The maximum Gasteiger partial charge on any atom is 0.249 e. The highest BCUT2D eigenvalue weighted by atomic mass is 16.5. The van der Waals surface area contributed by atoms with Gasteiger partial charge in [-0.05, 0) is 31.9 Å². The molecule has 3 unspecified atom stereocenters. The van der Waals surface area contributed by atoms with Crippen molar-refractivity contribution in [1.29, 1.82) is 0 Å². The van der Waals surface area contributed by atoms with Crippen molar-refractivity contribution in [1.82, 2.24) is 5.32 Å². The molecule has 0 aromatic heterocycles. The largest absolute Gasteiger partial charge is 0.382 e. The third-order valence-corrected chi connectivity index (χ3v) is 3.75. The second kappa shape index (κ2) is 6.75. The van der Waals surface area contributed by atoms with E-state index in [1.54, 1.807) is 0 Å². The molecule has 20 heavy (non-hydrogen) atoms. The van der Waals surface area contributed by atoms with Crippen LogP contribution in [0.25, 0.3) is 0 Å². The van der Waals surface area contributed by atoms with E-state index < -0.39 is 6.10 Å². The number of fused-ring (bicyclic) bond motifs is 1. The second-order valence-electron chi connectivity index (χ2n) is 5.46. The van der Waals surface area contributed by atoms with Gasteiger partial charge in [-0.15, -0.1) is 0 Å². The van der Waals surface area contributed by atoms with Crippen molar-refractivity contribution < 1.29 is 9.53 Å². The number of rotatable bonds is 5. The third-order valence-electron chi connectivity index (χ3n) is 3.75. The molecule has 0 fully saturated rings. The molecule has 1 heterocycles. The molecule has 0 spiro atoms. The molecule has 0 radical (unpaired) electrons. The molecule has 0 aliphatic carbocycles. The molecular weight excluding hydrogens is 252 g/mol. The number of anilines is 1. The number of hydrogen-bond donors (Lipinski definition) is 2. The van der Waals surface area contributed by atoms with Gasteiger partial charge >= 0.3 is 0 Å². The van der Waals surface area contributed by atoms with Crippen LogP contribution in [-0.2, 0) is 16.0 Å². The van der Waals surface area contributed by atoms with E-state index in [1.807, 2.05) is 26.0 Å². The fourth-order valence-corrected chi connectivity index (χ4v) is 2.32. The Kier molecular flexibility index (Phi) is 5.01. The molecule has 1 amide bonds. The molecule has 0 saturated heterocycles. The molecule has 1 aliphatic rings. The van der Waals surface area contributed by atoms with Gasteiger partial charge < -0.3 is 15.4 Å². The van der Waals surface area contributed by atoms with E-state index in [4.69, 9.17) is 4.74 Å². The molecule has 1 aliphatic heterocycles. The van der Waals surface area contributed by atoms with Gasteiger partial charge in [0.2, 0.25) is 5.91 Å². The van der Waals surface area contributed by atoms with Crippen LogP contribution in [0.5, 0.6) is 0 Å². The van der Waals surface area contributed by atoms with Crippen LogP contribution in [0.1, 0.15) is 32.8 Å². The van der Waals surface area contributed by atoms with E-state index in [2.05, 4.69) is 29.7 Å². The summed E-state index contributed by atoms with van der Waals surface area (Å²) >= 11 is 0. The molecule has 2 N–H and O–H groups in total. The van der Waals surface area contributed by atoms with Crippen molar-refractivity contribution in [3.8, 4) is 0 Å². The standard InChI is InChI=1S/C16H24N2O2/c1-4-11(2)18-16(19)12(3)20-14-9-13-7-5-6-8-15(13)17-10-14/h5-8,11-12,14,17H,4,9-10H2,1-3H3,(H,18,19). The Balaban J connectivity index is 1.87. The van der Waals surface area contributed by atoms with Crippen LogP contribution < -0.4 is 10.6 Å². The summed E-state index contributed by atoms with van der Waals surface area (Å²) in [6, 6.07) is 8.42. The first-order valence-electron chi connectivity index (χ1n) is 7.37. The first kappa shape index (κ1) is 14.9. The van der Waals surface area contributed by atoms with Gasteiger partial charge in [0.15, 0.2) is 0 Å². The Hall–Kier alpha value is -1.55. The summed E-state index contributed by atoms with van der Waals surface area (Å²) in [5.41, 5.74) is 2.42. The van der Waals surface area contributed by atoms with Crippen LogP contribution >= 0.6 is 0 Å². The minimum atomic E-state index is -0.416. The van der Waals surface area contributed by atoms with E-state index in [0.29, 0.717) is 0 Å². The summed E-state index contributed by atoms with van der Waals surface area (Å²) in [4.78, 5) is 12.0. The quantitative estimate of drug-likeness (QED) is 0.868. The van der Waals surface area contributed by atoms with E-state index in [-0.39, 0.29) is 18.1 Å². The van der Waals surface area contributed by atoms with Crippen molar-refractivity contribution in [2.24, 2.45) is 0 Å². The Morgan fingerprint density at radius 2 is 2.20 bits per heavy atom. The molecule has 3 atom stereocenters. The maximum atomic E-state index is 12.0. The van der Waals surface area contributed by atoms with Crippen LogP contribution in [0, 0.1) is 0 Å². The minimum absolute atomic E-state index is 0.0294. The number of carbonyl (C=O) groups is 1. The van der Waals surface area contributed by atoms with Crippen LogP contribution in [0.4, 0.5) is 5.69 Å². The highest BCUT2D eigenvalue weighted by Gasteiger charge is 2.23. The van der Waals surface area contributed by atoms with Crippen LogP contribution in [0.15, 0.2) is 24.3 Å². The zero-order chi connectivity index (χ0) is 14.5. The number of ether oxygens (including phenoxy) is 1. The Morgan fingerprint density at radius 3 is 2.95 bits per heavy atom. The van der Waals surface area contributed by atoms with Gasteiger partial charge in [-0.2, -0.15) is 0 Å². The predicted octanol–water partition coefficient (Wildman–Crippen LogP) is 2.34. The van der Waals surface area contributed by atoms with E-state index in [0.717, 1.165) is 19.4 Å². The lowest BCUT2D eigenvalue weighted by atomic mass is 10.0. The molecule has 0 bridgehead atoms. The zero-order valence-corrected chi connectivity index (χ0v) is 12.5. The van der Waals surface area contributed by atoms with Crippen molar-refractivity contribution in [3.05, 3.63) is 29.8 Å². The van der Waals surface area contributed by atoms with E-state index in [9.17, 15) is 4.79 Å². The number of nitrogens with one attached hydrogen (secondary N) is 2. The monoisotopic (exact) mass is 276 g/mol. The van der Waals surface area contributed by atoms with Gasteiger partial charge in [0.25, 0.3) is 0 Å². The van der Waals surface area contributed by atoms with Gasteiger partial charge in [-0.1, -0.05) is 25.1 Å². The average Bonchev–Trinajstić information content (AvgIpc) is 2.46. The summed E-state index contributed by atoms with van der Waals surface area (Å²) < 4.78 is 5.88. The fourth-order valence-electron chi connectivity index (χ4n) is 2.32. The lowest BCUT2D eigenvalue weighted by molar-refractivity contribution is -0.135. The van der Waals surface area contributed by atoms with Crippen molar-refractivity contribution in [3.63, 3.8) is 0 Å². The van der Waals surface area contributed by atoms with Crippen LogP contribution in [0.2, 0.25) is 0 Å². The summed E-state index contributed by atoms with van der Waals surface area (Å²) in [6.07, 6.45) is 1.41. The summed E-state index contributed by atoms with van der Waals surface area (Å²) in [7, 11) is 0. The third kappa shape index (κ3) is 3.73. The highest BCUT2D eigenvalue weighted by Crippen LogP contribution is 2.23. The van der Waals surface area contributed by atoms with Gasteiger partial charge in [0, 0.05) is 24.7 Å². The number of carbonyl (C=O) groups excluding carboxylic acids is 1. The van der Waals surface area contributed by atoms with Gasteiger partial charge in [0.1, 0.15) is 6.10 Å². The normalized spacial score (nSPS) is 20.4. The Morgan fingerprint density at radius 1 is 1.45 bits per heavy atom. The number of amides is 1. The topological polar surface area (TPSA) is 50.4 Å².